The molecule has 4 nitrogen and oxygen atoms in total. The van der Waals surface area contributed by atoms with Crippen LogP contribution in [0.4, 0.5) is 5.69 Å². The minimum absolute atomic E-state index is 0.519. The molecule has 0 fully saturated rings. The maximum Gasteiger partial charge on any atom is 0.169 e. The molecule has 0 atom stereocenters. The van der Waals surface area contributed by atoms with E-state index in [9.17, 15) is 0 Å². The number of rotatable bonds is 5. The Balaban J connectivity index is 2.29. The van der Waals surface area contributed by atoms with E-state index < -0.39 is 0 Å². The molecule has 20 heavy (non-hydrogen) atoms. The third-order valence-corrected chi connectivity index (χ3v) is 3.07. The van der Waals surface area contributed by atoms with E-state index in [0.29, 0.717) is 28.7 Å². The van der Waals surface area contributed by atoms with E-state index in [4.69, 9.17) is 19.9 Å². The van der Waals surface area contributed by atoms with Gasteiger partial charge in [0.15, 0.2) is 17.2 Å². The summed E-state index contributed by atoms with van der Waals surface area (Å²) in [5.74, 6) is 2.61. The number of nitrogen functional groups attached to an aromatic ring is 1. The van der Waals surface area contributed by atoms with Crippen molar-refractivity contribution in [2.45, 2.75) is 13.3 Å². The van der Waals surface area contributed by atoms with Crippen LogP contribution in [-0.2, 0) is 6.42 Å². The van der Waals surface area contributed by atoms with E-state index in [2.05, 4.69) is 6.92 Å². The van der Waals surface area contributed by atoms with Gasteiger partial charge in [-0.15, -0.1) is 0 Å². The van der Waals surface area contributed by atoms with Gasteiger partial charge in [-0.1, -0.05) is 13.0 Å². The Bertz CT molecular complexity index is 596. The molecule has 2 aromatic rings. The minimum atomic E-state index is 0.519. The van der Waals surface area contributed by atoms with E-state index in [0.717, 1.165) is 6.42 Å². The SMILES string of the molecule is CCc1ccc(Oc2ccc(OC)cc2N)c(OC)c1. The van der Waals surface area contributed by atoms with Gasteiger partial charge in [-0.05, 0) is 36.2 Å². The van der Waals surface area contributed by atoms with Crippen LogP contribution in [-0.4, -0.2) is 14.2 Å². The number of methoxy groups -OCH3 is 2. The first-order valence-electron chi connectivity index (χ1n) is 6.46. The fraction of sp³-hybridized carbons (Fsp3) is 0.250. The third kappa shape index (κ3) is 2.96. The Morgan fingerprint density at radius 2 is 1.65 bits per heavy atom. The minimum Gasteiger partial charge on any atom is -0.497 e. The lowest BCUT2D eigenvalue weighted by Crippen LogP contribution is -1.96. The molecule has 0 amide bonds. The van der Waals surface area contributed by atoms with Gasteiger partial charge in [0.05, 0.1) is 19.9 Å². The number of benzene rings is 2. The smallest absolute Gasteiger partial charge is 0.169 e. The molecule has 0 aromatic heterocycles. The second-order valence-corrected chi connectivity index (χ2v) is 4.34. The van der Waals surface area contributed by atoms with Crippen molar-refractivity contribution >= 4 is 5.69 Å². The Hall–Kier alpha value is -2.36. The Labute approximate surface area is 119 Å². The zero-order valence-corrected chi connectivity index (χ0v) is 12.0. The van der Waals surface area contributed by atoms with Crippen LogP contribution in [0.5, 0.6) is 23.0 Å². The van der Waals surface area contributed by atoms with Crippen molar-refractivity contribution in [3.05, 3.63) is 42.0 Å². The predicted octanol–water partition coefficient (Wildman–Crippen LogP) is 3.64. The van der Waals surface area contributed by atoms with Gasteiger partial charge >= 0.3 is 0 Å². The van der Waals surface area contributed by atoms with Crippen LogP contribution in [0.3, 0.4) is 0 Å². The van der Waals surface area contributed by atoms with Crippen molar-refractivity contribution in [3.8, 4) is 23.0 Å². The molecule has 0 aliphatic rings. The molecule has 0 heterocycles. The molecule has 106 valence electrons. The lowest BCUT2D eigenvalue weighted by atomic mass is 10.1. The van der Waals surface area contributed by atoms with Crippen LogP contribution in [0.25, 0.3) is 0 Å². The van der Waals surface area contributed by atoms with Crippen molar-refractivity contribution in [2.75, 3.05) is 20.0 Å². The van der Waals surface area contributed by atoms with E-state index in [1.165, 1.54) is 5.56 Å². The predicted molar refractivity (Wildman–Crippen MR) is 79.9 cm³/mol. The summed E-state index contributed by atoms with van der Waals surface area (Å²) in [5.41, 5.74) is 7.66. The molecule has 0 bridgehead atoms. The second-order valence-electron chi connectivity index (χ2n) is 4.34. The van der Waals surface area contributed by atoms with Gasteiger partial charge in [-0.2, -0.15) is 0 Å². The zero-order chi connectivity index (χ0) is 14.5. The lowest BCUT2D eigenvalue weighted by molar-refractivity contribution is 0.378. The van der Waals surface area contributed by atoms with Gasteiger partial charge < -0.3 is 19.9 Å². The van der Waals surface area contributed by atoms with Gasteiger partial charge in [0.2, 0.25) is 0 Å². The average Bonchev–Trinajstić information content (AvgIpc) is 2.49. The van der Waals surface area contributed by atoms with Crippen molar-refractivity contribution in [2.24, 2.45) is 0 Å². The molecule has 2 aromatic carbocycles. The van der Waals surface area contributed by atoms with Crippen LogP contribution in [0.15, 0.2) is 36.4 Å². The molecule has 0 radical (unpaired) electrons. The molecule has 0 unspecified atom stereocenters. The molecule has 0 saturated heterocycles. The highest BCUT2D eigenvalue weighted by molar-refractivity contribution is 5.58. The maximum absolute atomic E-state index is 5.95. The number of anilines is 1. The zero-order valence-electron chi connectivity index (χ0n) is 12.0. The van der Waals surface area contributed by atoms with Crippen molar-refractivity contribution in [3.63, 3.8) is 0 Å². The standard InChI is InChI=1S/C16H19NO3/c1-4-11-5-7-15(16(9-11)19-3)20-14-8-6-12(18-2)10-13(14)17/h5-10H,4,17H2,1-3H3. The number of ether oxygens (including phenoxy) is 3. The molecule has 2 N–H and O–H groups in total. The number of hydrogen-bond acceptors (Lipinski definition) is 4. The van der Waals surface area contributed by atoms with Crippen LogP contribution >= 0.6 is 0 Å². The van der Waals surface area contributed by atoms with E-state index >= 15 is 0 Å². The molecule has 4 heteroatoms. The quantitative estimate of drug-likeness (QED) is 0.845. The molecule has 0 aliphatic carbocycles. The molecular formula is C16H19NO3. The van der Waals surface area contributed by atoms with E-state index in [-0.39, 0.29) is 0 Å². The van der Waals surface area contributed by atoms with Gasteiger partial charge in [0.1, 0.15) is 5.75 Å². The van der Waals surface area contributed by atoms with Crippen LogP contribution in [0.1, 0.15) is 12.5 Å². The van der Waals surface area contributed by atoms with Crippen LogP contribution in [0.2, 0.25) is 0 Å². The first-order chi connectivity index (χ1) is 9.67. The van der Waals surface area contributed by atoms with Crippen LogP contribution in [0, 0.1) is 0 Å². The highest BCUT2D eigenvalue weighted by Gasteiger charge is 2.09. The van der Waals surface area contributed by atoms with Crippen molar-refractivity contribution in [1.82, 2.24) is 0 Å². The highest BCUT2D eigenvalue weighted by atomic mass is 16.5. The second kappa shape index (κ2) is 6.19. The largest absolute Gasteiger partial charge is 0.497 e. The van der Waals surface area contributed by atoms with E-state index in [1.807, 2.05) is 18.2 Å². The summed E-state index contributed by atoms with van der Waals surface area (Å²) in [4.78, 5) is 0. The van der Waals surface area contributed by atoms with Crippen molar-refractivity contribution < 1.29 is 14.2 Å². The maximum atomic E-state index is 5.95. The van der Waals surface area contributed by atoms with Crippen molar-refractivity contribution in [1.29, 1.82) is 0 Å². The summed E-state index contributed by atoms with van der Waals surface area (Å²) in [6, 6.07) is 11.2. The molecule has 0 spiro atoms. The monoisotopic (exact) mass is 273 g/mol. The summed E-state index contributed by atoms with van der Waals surface area (Å²) in [6.45, 7) is 2.09. The van der Waals surface area contributed by atoms with Gasteiger partial charge in [-0.25, -0.2) is 0 Å². The van der Waals surface area contributed by atoms with Crippen LogP contribution < -0.4 is 19.9 Å². The highest BCUT2D eigenvalue weighted by Crippen LogP contribution is 2.36. The first kappa shape index (κ1) is 14.1. The van der Waals surface area contributed by atoms with E-state index in [1.54, 1.807) is 32.4 Å². The summed E-state index contributed by atoms with van der Waals surface area (Å²) in [6.07, 6.45) is 0.946. The number of hydrogen-bond donors (Lipinski definition) is 1. The lowest BCUT2D eigenvalue weighted by Gasteiger charge is -2.13. The molecule has 2 rings (SSSR count). The Morgan fingerprint density at radius 1 is 0.900 bits per heavy atom. The Kier molecular flexibility index (Phi) is 4.35. The number of aryl methyl sites for hydroxylation is 1. The Morgan fingerprint density at radius 3 is 2.25 bits per heavy atom. The summed E-state index contributed by atoms with van der Waals surface area (Å²) < 4.78 is 16.3. The normalized spacial score (nSPS) is 10.2. The molecule has 0 aliphatic heterocycles. The number of nitrogens with two attached hydrogens (primary N) is 1. The first-order valence-corrected chi connectivity index (χ1v) is 6.46. The van der Waals surface area contributed by atoms with Gasteiger partial charge in [0, 0.05) is 6.07 Å². The summed E-state index contributed by atoms with van der Waals surface area (Å²) in [5, 5.41) is 0. The molecular weight excluding hydrogens is 254 g/mol. The fourth-order valence-corrected chi connectivity index (χ4v) is 1.88. The topological polar surface area (TPSA) is 53.7 Å². The average molecular weight is 273 g/mol. The molecule has 0 saturated carbocycles. The fourth-order valence-electron chi connectivity index (χ4n) is 1.88. The third-order valence-electron chi connectivity index (χ3n) is 3.07. The summed E-state index contributed by atoms with van der Waals surface area (Å²) in [7, 11) is 3.22. The summed E-state index contributed by atoms with van der Waals surface area (Å²) >= 11 is 0. The van der Waals surface area contributed by atoms with Gasteiger partial charge in [-0.3, -0.25) is 0 Å². The van der Waals surface area contributed by atoms with Gasteiger partial charge in [0.25, 0.3) is 0 Å².